The van der Waals surface area contributed by atoms with Gasteiger partial charge in [0.1, 0.15) is 12.4 Å². The number of ether oxygens (including phenoxy) is 3. The second-order valence-electron chi connectivity index (χ2n) is 26.2. The molecule has 0 aromatic rings. The van der Waals surface area contributed by atoms with Crippen LogP contribution in [0.3, 0.4) is 0 Å². The van der Waals surface area contributed by atoms with E-state index in [0.717, 1.165) is 0 Å². The van der Waals surface area contributed by atoms with Crippen molar-refractivity contribution in [2.24, 2.45) is 5.41 Å². The van der Waals surface area contributed by atoms with Crippen LogP contribution >= 0.6 is 0 Å². The largest absolute Gasteiger partial charge is 0.443 e. The van der Waals surface area contributed by atoms with Crippen LogP contribution in [-0.4, -0.2) is 102 Å². The molecular formula is C48H103N7O10S. The molecule has 5 amide bonds. The van der Waals surface area contributed by atoms with E-state index >= 15 is 0 Å². The lowest BCUT2D eigenvalue weighted by atomic mass is 9.94. The lowest BCUT2D eigenvalue weighted by Gasteiger charge is -2.26. The van der Waals surface area contributed by atoms with Crippen molar-refractivity contribution in [1.29, 1.82) is 0 Å². The van der Waals surface area contributed by atoms with Gasteiger partial charge in [-0.25, -0.2) is 14.3 Å². The van der Waals surface area contributed by atoms with Gasteiger partial charge in [-0.1, -0.05) is 20.8 Å². The predicted molar refractivity (Wildman–Crippen MR) is 272 cm³/mol. The lowest BCUT2D eigenvalue weighted by molar-refractivity contribution is -0.163. The van der Waals surface area contributed by atoms with E-state index in [4.69, 9.17) is 14.2 Å². The fraction of sp³-hybridized carbons (Fsp3) is 0.896. The van der Waals surface area contributed by atoms with E-state index in [1.54, 1.807) is 46.3 Å². The van der Waals surface area contributed by atoms with Crippen LogP contribution in [-0.2, 0) is 38.8 Å². The number of urea groups is 1. The van der Waals surface area contributed by atoms with Gasteiger partial charge in [0.2, 0.25) is 11.8 Å². The van der Waals surface area contributed by atoms with E-state index in [0.29, 0.717) is 6.79 Å². The third-order valence-corrected chi connectivity index (χ3v) is 7.19. The molecule has 0 aromatic carbocycles. The van der Waals surface area contributed by atoms with Crippen molar-refractivity contribution in [3.8, 4) is 0 Å². The molecule has 396 valence electrons. The normalized spacial score (nSPS) is 12.9. The molecule has 66 heavy (non-hydrogen) atoms. The summed E-state index contributed by atoms with van der Waals surface area (Å²) in [5, 5.41) is 14.4. The first-order valence-corrected chi connectivity index (χ1v) is 24.1. The van der Waals surface area contributed by atoms with Gasteiger partial charge in [0.15, 0.2) is 5.78 Å². The van der Waals surface area contributed by atoms with Gasteiger partial charge < -0.3 is 40.8 Å². The molecular weight excluding hydrogens is 867 g/mol. The fourth-order valence-electron chi connectivity index (χ4n) is 3.53. The molecule has 0 fully saturated rings. The van der Waals surface area contributed by atoms with Gasteiger partial charge in [0.05, 0.1) is 24.2 Å². The molecule has 0 aliphatic rings. The van der Waals surface area contributed by atoms with Crippen LogP contribution in [0.5, 0.6) is 0 Å². The van der Waals surface area contributed by atoms with E-state index in [9.17, 15) is 32.4 Å². The molecule has 0 saturated heterocycles. The van der Waals surface area contributed by atoms with E-state index in [1.165, 1.54) is 0 Å². The molecule has 0 spiro atoms. The quantitative estimate of drug-likeness (QED) is 0.0898. The van der Waals surface area contributed by atoms with Crippen molar-refractivity contribution in [3.05, 3.63) is 0 Å². The maximum Gasteiger partial charge on any atom is 0.422 e. The Kier molecular flexibility index (Phi) is 30.3. The summed E-state index contributed by atoms with van der Waals surface area (Å²) in [5.74, 6) is -0.199. The number of Topliss-reactive ketones (excluding diaryl/α,β-unsaturated/α-hetero) is 1. The van der Waals surface area contributed by atoms with E-state index in [1.807, 2.05) is 166 Å². The van der Waals surface area contributed by atoms with E-state index < -0.39 is 27.4 Å². The highest BCUT2D eigenvalue weighted by Crippen LogP contribution is 2.15. The lowest BCUT2D eigenvalue weighted by Crippen LogP contribution is -2.52. The molecule has 0 atom stereocenters. The number of hydrogen-bond acceptors (Lipinski definition) is 11. The Morgan fingerprint density at radius 1 is 0.439 bits per heavy atom. The van der Waals surface area contributed by atoms with Crippen molar-refractivity contribution in [2.45, 2.75) is 264 Å². The summed E-state index contributed by atoms with van der Waals surface area (Å²) in [6.45, 7) is 57.7. The number of amides is 5. The monoisotopic (exact) mass is 970 g/mol. The number of carbonyl (C=O) groups excluding carboxylic acids is 5. The Labute approximate surface area is 404 Å². The van der Waals surface area contributed by atoms with Crippen LogP contribution in [0.1, 0.15) is 214 Å². The Balaban J connectivity index is -0.000000237. The molecule has 0 aromatic heterocycles. The standard InChI is InChI=1S/C12H24N2O2.C9H20N2O4S.C9H20N2O.C9H19NO.C9H20O2/c1-11(2,3)13-8-9(15)7-10(16)14-12(4,5)6;1-8(2,3)11-16(13,14)10-7(12)15-9(4,5)6;1-8(2,3)10-7(12)11-9(4,5)6;1-8(2,3)7(11)10-9(4,5)6;1-8(2,3)10-7-11-9(4,5)6/h13H,7-8H2,1-6H3,(H,14,16);11H,1-6H3,(H,10,12);1-6H3,(H2,10,11,12);1-6H3,(H,10,11);7H2,1-6H3. The molecule has 0 radical (unpaired) electrons. The van der Waals surface area contributed by atoms with Gasteiger partial charge in [0.25, 0.3) is 0 Å². The van der Waals surface area contributed by atoms with Crippen LogP contribution in [0.15, 0.2) is 0 Å². The smallest absolute Gasteiger partial charge is 0.422 e. The van der Waals surface area contributed by atoms with E-state index in [-0.39, 0.29) is 80.9 Å². The molecule has 0 saturated carbocycles. The van der Waals surface area contributed by atoms with Crippen molar-refractivity contribution in [2.75, 3.05) is 13.3 Å². The summed E-state index contributed by atoms with van der Waals surface area (Å²) in [4.78, 5) is 56.7. The molecule has 18 heteroatoms. The average molecular weight is 970 g/mol. The van der Waals surface area contributed by atoms with Crippen molar-refractivity contribution in [3.63, 3.8) is 0 Å². The summed E-state index contributed by atoms with van der Waals surface area (Å²) < 4.78 is 42.5. The highest BCUT2D eigenvalue weighted by atomic mass is 32.2. The molecule has 0 heterocycles. The van der Waals surface area contributed by atoms with E-state index in [2.05, 4.69) is 31.3 Å². The summed E-state index contributed by atoms with van der Waals surface area (Å²) in [5.41, 5.74) is -2.74. The summed E-state index contributed by atoms with van der Waals surface area (Å²) in [6.07, 6.45) is -1.05. The highest BCUT2D eigenvalue weighted by molar-refractivity contribution is 7.88. The topological polar surface area (TPSA) is 231 Å². The van der Waals surface area contributed by atoms with Gasteiger partial charge in [-0.3, -0.25) is 14.4 Å². The van der Waals surface area contributed by atoms with Crippen molar-refractivity contribution < 1.29 is 46.6 Å². The second kappa shape index (κ2) is 27.8. The minimum absolute atomic E-state index is 0.0552. The first-order chi connectivity index (χ1) is 28.2. The zero-order valence-electron chi connectivity index (χ0n) is 47.6. The molecule has 17 nitrogen and oxygen atoms in total. The highest BCUT2D eigenvalue weighted by Gasteiger charge is 2.26. The zero-order chi connectivity index (χ0) is 54.6. The van der Waals surface area contributed by atoms with Gasteiger partial charge in [-0.15, -0.1) is 0 Å². The minimum Gasteiger partial charge on any atom is -0.443 e. The predicted octanol–water partition coefficient (Wildman–Crippen LogP) is 8.80. The number of rotatable bonds is 8. The molecule has 0 bridgehead atoms. The van der Waals surface area contributed by atoms with Crippen LogP contribution in [0.4, 0.5) is 9.59 Å². The van der Waals surface area contributed by atoms with Crippen LogP contribution < -0.4 is 36.0 Å². The fourth-order valence-corrected chi connectivity index (χ4v) is 4.65. The van der Waals surface area contributed by atoms with Crippen LogP contribution in [0.2, 0.25) is 0 Å². The number of ketones is 1. The Hall–Kier alpha value is -3.06. The first kappa shape index (κ1) is 71.9. The molecule has 0 aliphatic heterocycles. The Morgan fingerprint density at radius 3 is 1.03 bits per heavy atom. The minimum atomic E-state index is -3.89. The molecule has 0 rings (SSSR count). The van der Waals surface area contributed by atoms with Crippen LogP contribution in [0.25, 0.3) is 0 Å². The number of hydrogen-bond donors (Lipinski definition) is 7. The van der Waals surface area contributed by atoms with Gasteiger partial charge in [-0.05, 0) is 187 Å². The zero-order valence-corrected chi connectivity index (χ0v) is 48.4. The summed E-state index contributed by atoms with van der Waals surface area (Å²) in [6, 6.07) is -0.116. The van der Waals surface area contributed by atoms with Crippen LogP contribution in [0, 0.1) is 5.41 Å². The first-order valence-electron chi connectivity index (χ1n) is 22.6. The van der Waals surface area contributed by atoms with Crippen molar-refractivity contribution >= 4 is 39.9 Å². The maximum atomic E-state index is 11.5. The van der Waals surface area contributed by atoms with Crippen molar-refractivity contribution in [1.82, 2.24) is 36.0 Å². The number of carbonyl (C=O) groups is 5. The van der Waals surface area contributed by atoms with Gasteiger partial charge in [0, 0.05) is 38.6 Å². The Morgan fingerprint density at radius 2 is 0.788 bits per heavy atom. The second-order valence-corrected chi connectivity index (χ2v) is 27.7. The molecule has 0 aliphatic carbocycles. The SMILES string of the molecule is CC(C)(C)NC(=O)C(C)(C)C.CC(C)(C)NC(=O)NC(C)(C)C.CC(C)(C)NCC(=O)CC(=O)NC(C)(C)C.CC(C)(C)NS(=O)(=O)NC(=O)OC(C)(C)C.CC(C)(C)OCOC(C)(C)C. The van der Waals surface area contributed by atoms with Gasteiger partial charge >= 0.3 is 22.3 Å². The third-order valence-electron chi connectivity index (χ3n) is 5.88. The molecule has 7 N–H and O–H groups in total. The number of nitrogens with one attached hydrogen (secondary N) is 7. The molecule has 0 unspecified atom stereocenters. The summed E-state index contributed by atoms with van der Waals surface area (Å²) >= 11 is 0. The third kappa shape index (κ3) is 67.5. The average Bonchev–Trinajstić information content (AvgIpc) is 2.88. The maximum absolute atomic E-state index is 11.5. The Bertz CT molecular complexity index is 1530. The van der Waals surface area contributed by atoms with Gasteiger partial charge in [-0.2, -0.15) is 13.1 Å². The summed E-state index contributed by atoms with van der Waals surface area (Å²) in [7, 11) is -3.89.